The highest BCUT2D eigenvalue weighted by atomic mass is 35.5. The van der Waals surface area contributed by atoms with Gasteiger partial charge in [0.05, 0.1) is 6.07 Å². The molecule has 0 saturated carbocycles. The first kappa shape index (κ1) is 12.0. The minimum atomic E-state index is -0.411. The topological polar surface area (TPSA) is 27.0 Å². The zero-order valence-electron chi connectivity index (χ0n) is 8.86. The predicted molar refractivity (Wildman–Crippen MR) is 62.9 cm³/mol. The number of alkyl halides is 1. The van der Waals surface area contributed by atoms with Gasteiger partial charge in [-0.1, -0.05) is 30.3 Å². The Morgan fingerprint density at radius 2 is 2.07 bits per heavy atom. The molecule has 0 aliphatic heterocycles. The number of hydrogen-bond acceptors (Lipinski definition) is 2. The number of rotatable bonds is 5. The second-order valence-corrected chi connectivity index (χ2v) is 4.12. The van der Waals surface area contributed by atoms with Crippen LogP contribution in [0, 0.1) is 11.3 Å². The molecule has 0 radical (unpaired) electrons. The highest BCUT2D eigenvalue weighted by Crippen LogP contribution is 2.02. The van der Waals surface area contributed by atoms with E-state index in [4.69, 9.17) is 16.9 Å². The van der Waals surface area contributed by atoms with Gasteiger partial charge in [-0.25, -0.2) is 0 Å². The molecule has 0 amide bonds. The van der Waals surface area contributed by atoms with E-state index in [0.717, 1.165) is 13.0 Å². The average Bonchev–Trinajstić information content (AvgIpc) is 2.27. The van der Waals surface area contributed by atoms with Gasteiger partial charge >= 0.3 is 0 Å². The van der Waals surface area contributed by atoms with Crippen molar-refractivity contribution in [3.63, 3.8) is 0 Å². The van der Waals surface area contributed by atoms with Crippen LogP contribution >= 0.6 is 11.6 Å². The molecule has 0 aliphatic carbocycles. The first-order valence-corrected chi connectivity index (χ1v) is 5.42. The summed E-state index contributed by atoms with van der Waals surface area (Å²) in [4.78, 5) is 2.08. The summed E-state index contributed by atoms with van der Waals surface area (Å²) in [6.45, 7) is 1.54. The van der Waals surface area contributed by atoms with Crippen molar-refractivity contribution < 1.29 is 0 Å². The lowest BCUT2D eigenvalue weighted by Gasteiger charge is -2.16. The van der Waals surface area contributed by atoms with Crippen molar-refractivity contribution in [3.8, 4) is 6.07 Å². The second-order valence-electron chi connectivity index (χ2n) is 3.59. The number of hydrogen-bond donors (Lipinski definition) is 0. The molecule has 0 spiro atoms. The van der Waals surface area contributed by atoms with Crippen LogP contribution in [0.5, 0.6) is 0 Å². The van der Waals surface area contributed by atoms with E-state index in [1.54, 1.807) is 0 Å². The summed E-state index contributed by atoms with van der Waals surface area (Å²) in [6.07, 6.45) is 0.992. The van der Waals surface area contributed by atoms with E-state index in [2.05, 4.69) is 17.0 Å². The molecule has 0 bridgehead atoms. The summed E-state index contributed by atoms with van der Waals surface area (Å²) in [5, 5.41) is 8.15. The lowest BCUT2D eigenvalue weighted by Crippen LogP contribution is -2.27. The van der Waals surface area contributed by atoms with Crippen LogP contribution in [0.15, 0.2) is 30.3 Å². The predicted octanol–water partition coefficient (Wildman–Crippen LogP) is 2.29. The number of nitrogens with zero attached hydrogens (tertiary/aromatic N) is 2. The minimum absolute atomic E-state index is 0.411. The third kappa shape index (κ3) is 4.83. The quantitative estimate of drug-likeness (QED) is 0.715. The SMILES string of the molecule is CN(CCc1ccccc1)CC(Cl)C#N. The molecule has 0 fully saturated rings. The molecule has 0 heterocycles. The Morgan fingerprint density at radius 3 is 2.67 bits per heavy atom. The Bertz CT molecular complexity index is 318. The fourth-order valence-electron chi connectivity index (χ4n) is 1.37. The summed E-state index contributed by atoms with van der Waals surface area (Å²) < 4.78 is 0. The maximum absolute atomic E-state index is 8.56. The number of halogens is 1. The molecule has 1 aromatic carbocycles. The number of nitriles is 1. The molecule has 1 atom stereocenters. The first-order chi connectivity index (χ1) is 7.22. The van der Waals surface area contributed by atoms with Crippen LogP contribution in [-0.4, -0.2) is 30.4 Å². The van der Waals surface area contributed by atoms with Crippen molar-refractivity contribution >= 4 is 11.6 Å². The van der Waals surface area contributed by atoms with Crippen molar-refractivity contribution in [2.45, 2.75) is 11.8 Å². The third-order valence-corrected chi connectivity index (χ3v) is 2.47. The van der Waals surface area contributed by atoms with Gasteiger partial charge in [0, 0.05) is 13.1 Å². The van der Waals surface area contributed by atoms with Gasteiger partial charge in [-0.05, 0) is 19.0 Å². The lowest BCUT2D eigenvalue weighted by atomic mass is 10.1. The van der Waals surface area contributed by atoms with Crippen molar-refractivity contribution in [2.24, 2.45) is 0 Å². The van der Waals surface area contributed by atoms with Crippen LogP contribution in [0.3, 0.4) is 0 Å². The van der Waals surface area contributed by atoms with Crippen LogP contribution < -0.4 is 0 Å². The van der Waals surface area contributed by atoms with Gasteiger partial charge in [-0.2, -0.15) is 5.26 Å². The molecule has 0 aromatic heterocycles. The largest absolute Gasteiger partial charge is 0.304 e. The maximum atomic E-state index is 8.56. The lowest BCUT2D eigenvalue weighted by molar-refractivity contribution is 0.348. The van der Waals surface area contributed by atoms with E-state index in [9.17, 15) is 0 Å². The Balaban J connectivity index is 2.29. The van der Waals surface area contributed by atoms with Crippen LogP contribution in [-0.2, 0) is 6.42 Å². The highest BCUT2D eigenvalue weighted by Gasteiger charge is 2.06. The van der Waals surface area contributed by atoms with Gasteiger partial charge in [-0.15, -0.1) is 11.6 Å². The molecular weight excluding hydrogens is 208 g/mol. The molecular formula is C12H15ClN2. The fraction of sp³-hybridized carbons (Fsp3) is 0.417. The highest BCUT2D eigenvalue weighted by molar-refractivity contribution is 6.22. The van der Waals surface area contributed by atoms with Gasteiger partial charge in [0.1, 0.15) is 5.38 Å². The molecule has 0 N–H and O–H groups in total. The van der Waals surface area contributed by atoms with E-state index in [1.165, 1.54) is 5.56 Å². The summed E-state index contributed by atoms with van der Waals surface area (Å²) >= 11 is 5.74. The summed E-state index contributed by atoms with van der Waals surface area (Å²) in [6, 6.07) is 12.3. The molecule has 3 heteroatoms. The normalized spacial score (nSPS) is 12.4. The molecule has 0 aliphatic rings. The molecule has 80 valence electrons. The molecule has 15 heavy (non-hydrogen) atoms. The van der Waals surface area contributed by atoms with E-state index >= 15 is 0 Å². The zero-order valence-corrected chi connectivity index (χ0v) is 9.61. The molecule has 0 saturated heterocycles. The second kappa shape index (κ2) is 6.44. The maximum Gasteiger partial charge on any atom is 0.133 e. The zero-order chi connectivity index (χ0) is 11.1. The van der Waals surface area contributed by atoms with Gasteiger partial charge in [-0.3, -0.25) is 0 Å². The Kier molecular flexibility index (Phi) is 5.17. The monoisotopic (exact) mass is 222 g/mol. The van der Waals surface area contributed by atoms with Crippen molar-refractivity contribution in [2.75, 3.05) is 20.1 Å². The van der Waals surface area contributed by atoms with E-state index in [0.29, 0.717) is 6.54 Å². The molecule has 2 nitrogen and oxygen atoms in total. The van der Waals surface area contributed by atoms with Gasteiger partial charge in [0.25, 0.3) is 0 Å². The van der Waals surface area contributed by atoms with Crippen molar-refractivity contribution in [1.29, 1.82) is 5.26 Å². The molecule has 1 rings (SSSR count). The number of benzene rings is 1. The standard InChI is InChI=1S/C12H15ClN2/c1-15(10-12(13)9-14)8-7-11-5-3-2-4-6-11/h2-6,12H,7-8,10H2,1H3. The van der Waals surface area contributed by atoms with Crippen molar-refractivity contribution in [3.05, 3.63) is 35.9 Å². The van der Waals surface area contributed by atoms with Crippen LogP contribution in [0.1, 0.15) is 5.56 Å². The minimum Gasteiger partial charge on any atom is -0.304 e. The summed E-state index contributed by atoms with van der Waals surface area (Å²) in [5.41, 5.74) is 1.31. The number of likely N-dealkylation sites (N-methyl/N-ethyl adjacent to an activating group) is 1. The van der Waals surface area contributed by atoms with E-state index < -0.39 is 5.38 Å². The summed E-state index contributed by atoms with van der Waals surface area (Å²) in [7, 11) is 1.98. The van der Waals surface area contributed by atoms with E-state index in [-0.39, 0.29) is 0 Å². The first-order valence-electron chi connectivity index (χ1n) is 4.98. The third-order valence-electron chi connectivity index (χ3n) is 2.24. The Labute approximate surface area is 96.1 Å². The molecule has 1 aromatic rings. The fourth-order valence-corrected chi connectivity index (χ4v) is 1.61. The molecule has 1 unspecified atom stereocenters. The smallest absolute Gasteiger partial charge is 0.133 e. The van der Waals surface area contributed by atoms with Crippen LogP contribution in [0.25, 0.3) is 0 Å². The van der Waals surface area contributed by atoms with Gasteiger partial charge in [0.2, 0.25) is 0 Å². The Morgan fingerprint density at radius 1 is 1.40 bits per heavy atom. The van der Waals surface area contributed by atoms with Crippen LogP contribution in [0.4, 0.5) is 0 Å². The summed E-state index contributed by atoms with van der Waals surface area (Å²) in [5.74, 6) is 0. The van der Waals surface area contributed by atoms with Gasteiger partial charge < -0.3 is 4.90 Å². The van der Waals surface area contributed by atoms with E-state index in [1.807, 2.05) is 31.3 Å². The van der Waals surface area contributed by atoms with Gasteiger partial charge in [0.15, 0.2) is 0 Å². The van der Waals surface area contributed by atoms with Crippen molar-refractivity contribution in [1.82, 2.24) is 4.90 Å². The average molecular weight is 223 g/mol. The van der Waals surface area contributed by atoms with Crippen LogP contribution in [0.2, 0.25) is 0 Å². The Hall–Kier alpha value is -1.04.